The van der Waals surface area contributed by atoms with Gasteiger partial charge in [0.1, 0.15) is 5.69 Å². The molecule has 140 valence electrons. The first-order valence-corrected chi connectivity index (χ1v) is 10.2. The molecule has 2 aromatic carbocycles. The lowest BCUT2D eigenvalue weighted by Gasteiger charge is -2.09. The zero-order valence-electron chi connectivity index (χ0n) is 15.6. The van der Waals surface area contributed by atoms with Crippen LogP contribution < -0.4 is 5.32 Å². The van der Waals surface area contributed by atoms with Gasteiger partial charge >= 0.3 is 0 Å². The van der Waals surface area contributed by atoms with Crippen molar-refractivity contribution in [1.29, 1.82) is 0 Å². The zero-order valence-corrected chi connectivity index (χ0v) is 16.4. The first-order chi connectivity index (χ1) is 13.7. The Balaban J connectivity index is 1.67. The van der Waals surface area contributed by atoms with Gasteiger partial charge in [-0.3, -0.25) is 9.48 Å². The first-order valence-electron chi connectivity index (χ1n) is 9.29. The van der Waals surface area contributed by atoms with Crippen molar-refractivity contribution in [3.63, 3.8) is 0 Å². The van der Waals surface area contributed by atoms with Gasteiger partial charge in [0.15, 0.2) is 0 Å². The topological polar surface area (TPSA) is 46.9 Å². The molecule has 0 spiro atoms. The lowest BCUT2D eigenvalue weighted by Crippen LogP contribution is -2.13. The Morgan fingerprint density at radius 1 is 1.04 bits per heavy atom. The molecule has 0 atom stereocenters. The molecule has 1 N–H and O–H groups in total. The molecule has 1 amide bonds. The third-order valence-electron chi connectivity index (χ3n) is 4.59. The molecule has 0 unspecified atom stereocenters. The van der Waals surface area contributed by atoms with Crippen molar-refractivity contribution in [3.05, 3.63) is 95.0 Å². The fourth-order valence-electron chi connectivity index (χ4n) is 3.17. The van der Waals surface area contributed by atoms with E-state index >= 15 is 0 Å². The van der Waals surface area contributed by atoms with Crippen LogP contribution in [0.3, 0.4) is 0 Å². The Labute approximate surface area is 168 Å². The highest BCUT2D eigenvalue weighted by atomic mass is 32.1. The number of aryl methyl sites for hydroxylation is 1. The maximum atomic E-state index is 13.1. The van der Waals surface area contributed by atoms with E-state index in [2.05, 4.69) is 24.4 Å². The molecule has 2 heterocycles. The summed E-state index contributed by atoms with van der Waals surface area (Å²) in [5.41, 5.74) is 4.42. The van der Waals surface area contributed by atoms with Crippen molar-refractivity contribution in [2.75, 3.05) is 5.32 Å². The summed E-state index contributed by atoms with van der Waals surface area (Å²) in [6.45, 7) is 2.71. The standard InChI is InChI=1S/C23H21N3OS/c1-2-18-11-6-7-12-20(18)24-23(27)19-16-26(15-17-9-4-3-5-10-17)25-22(19)21-13-8-14-28-21/h3-14,16H,2,15H2,1H3,(H,24,27). The molecule has 5 heteroatoms. The van der Waals surface area contributed by atoms with Gasteiger partial charge in [0.05, 0.1) is 17.0 Å². The molecular formula is C23H21N3OS. The highest BCUT2D eigenvalue weighted by Crippen LogP contribution is 2.28. The van der Waals surface area contributed by atoms with Gasteiger partial charge < -0.3 is 5.32 Å². The summed E-state index contributed by atoms with van der Waals surface area (Å²) >= 11 is 1.59. The second-order valence-electron chi connectivity index (χ2n) is 6.52. The summed E-state index contributed by atoms with van der Waals surface area (Å²) in [4.78, 5) is 14.1. The predicted molar refractivity (Wildman–Crippen MR) is 115 cm³/mol. The second-order valence-corrected chi connectivity index (χ2v) is 7.46. The van der Waals surface area contributed by atoms with Crippen molar-refractivity contribution < 1.29 is 4.79 Å². The molecule has 0 bridgehead atoms. The molecule has 0 saturated carbocycles. The van der Waals surface area contributed by atoms with Gasteiger partial charge in [-0.15, -0.1) is 11.3 Å². The Kier molecular flexibility index (Phi) is 5.35. The SMILES string of the molecule is CCc1ccccc1NC(=O)c1cn(Cc2ccccc2)nc1-c1cccs1. The highest BCUT2D eigenvalue weighted by Gasteiger charge is 2.19. The number of carbonyl (C=O) groups excluding carboxylic acids is 1. The van der Waals surface area contributed by atoms with Crippen LogP contribution in [0.4, 0.5) is 5.69 Å². The minimum atomic E-state index is -0.136. The molecule has 2 aromatic heterocycles. The number of hydrogen-bond donors (Lipinski definition) is 1. The van der Waals surface area contributed by atoms with Crippen molar-refractivity contribution in [1.82, 2.24) is 9.78 Å². The van der Waals surface area contributed by atoms with Crippen LogP contribution in [0.2, 0.25) is 0 Å². The van der Waals surface area contributed by atoms with Gasteiger partial charge in [0.2, 0.25) is 0 Å². The van der Waals surface area contributed by atoms with E-state index in [1.807, 2.05) is 70.9 Å². The van der Waals surface area contributed by atoms with E-state index in [4.69, 9.17) is 5.10 Å². The Morgan fingerprint density at radius 2 is 1.82 bits per heavy atom. The first kappa shape index (κ1) is 18.2. The maximum Gasteiger partial charge on any atom is 0.259 e. The van der Waals surface area contributed by atoms with Crippen molar-refractivity contribution >= 4 is 22.9 Å². The Hall–Kier alpha value is -3.18. The van der Waals surface area contributed by atoms with E-state index in [-0.39, 0.29) is 5.91 Å². The third-order valence-corrected chi connectivity index (χ3v) is 5.47. The Bertz CT molecular complexity index is 1070. The lowest BCUT2D eigenvalue weighted by atomic mass is 10.1. The molecule has 28 heavy (non-hydrogen) atoms. The number of thiophene rings is 1. The predicted octanol–water partition coefficient (Wildman–Crippen LogP) is 5.47. The molecule has 0 aliphatic rings. The molecule has 0 fully saturated rings. The number of nitrogens with one attached hydrogen (secondary N) is 1. The molecule has 4 aromatic rings. The summed E-state index contributed by atoms with van der Waals surface area (Å²) in [6.07, 6.45) is 2.70. The molecule has 4 rings (SSSR count). The summed E-state index contributed by atoms with van der Waals surface area (Å²) in [7, 11) is 0. The number of para-hydroxylation sites is 1. The normalized spacial score (nSPS) is 10.8. The quantitative estimate of drug-likeness (QED) is 0.476. The van der Waals surface area contributed by atoms with Crippen molar-refractivity contribution in [3.8, 4) is 10.6 Å². The number of amides is 1. The number of anilines is 1. The molecule has 0 aliphatic carbocycles. The van der Waals surface area contributed by atoms with E-state index in [1.54, 1.807) is 11.3 Å². The van der Waals surface area contributed by atoms with Crippen LogP contribution in [-0.4, -0.2) is 15.7 Å². The second kappa shape index (κ2) is 8.23. The van der Waals surface area contributed by atoms with Gasteiger partial charge in [0, 0.05) is 11.9 Å². The highest BCUT2D eigenvalue weighted by molar-refractivity contribution is 7.13. The van der Waals surface area contributed by atoms with E-state index in [9.17, 15) is 4.79 Å². The monoisotopic (exact) mass is 387 g/mol. The fraction of sp³-hybridized carbons (Fsp3) is 0.130. The van der Waals surface area contributed by atoms with Crippen LogP contribution in [-0.2, 0) is 13.0 Å². The van der Waals surface area contributed by atoms with Crippen LogP contribution >= 0.6 is 11.3 Å². The number of rotatable bonds is 6. The Morgan fingerprint density at radius 3 is 2.57 bits per heavy atom. The van der Waals surface area contributed by atoms with Gasteiger partial charge in [-0.25, -0.2) is 0 Å². The van der Waals surface area contributed by atoms with Crippen LogP contribution in [0.5, 0.6) is 0 Å². The molecule has 0 aliphatic heterocycles. The van der Waals surface area contributed by atoms with Crippen LogP contribution in [0.1, 0.15) is 28.4 Å². The van der Waals surface area contributed by atoms with Gasteiger partial charge in [-0.1, -0.05) is 61.5 Å². The van der Waals surface area contributed by atoms with E-state index in [0.29, 0.717) is 12.1 Å². The average molecular weight is 388 g/mol. The molecule has 0 radical (unpaired) electrons. The number of benzene rings is 2. The number of carbonyl (C=O) groups is 1. The van der Waals surface area contributed by atoms with E-state index in [0.717, 1.165) is 33.8 Å². The van der Waals surface area contributed by atoms with Crippen LogP contribution in [0.15, 0.2) is 78.3 Å². The third kappa shape index (κ3) is 3.89. The maximum absolute atomic E-state index is 13.1. The summed E-state index contributed by atoms with van der Waals surface area (Å²) < 4.78 is 1.84. The summed E-state index contributed by atoms with van der Waals surface area (Å²) in [6, 6.07) is 22.0. The zero-order chi connectivity index (χ0) is 19.3. The largest absolute Gasteiger partial charge is 0.322 e. The summed E-state index contributed by atoms with van der Waals surface area (Å²) in [5.74, 6) is -0.136. The number of aromatic nitrogens is 2. The molecule has 4 nitrogen and oxygen atoms in total. The van der Waals surface area contributed by atoms with Crippen LogP contribution in [0.25, 0.3) is 10.6 Å². The number of nitrogens with zero attached hydrogens (tertiary/aromatic N) is 2. The minimum Gasteiger partial charge on any atom is -0.322 e. The van der Waals surface area contributed by atoms with Crippen molar-refractivity contribution in [2.24, 2.45) is 0 Å². The number of hydrogen-bond acceptors (Lipinski definition) is 3. The fourth-order valence-corrected chi connectivity index (χ4v) is 3.90. The smallest absolute Gasteiger partial charge is 0.259 e. The van der Waals surface area contributed by atoms with Crippen LogP contribution in [0, 0.1) is 0 Å². The summed E-state index contributed by atoms with van der Waals surface area (Å²) in [5, 5.41) is 9.79. The van der Waals surface area contributed by atoms with Gasteiger partial charge in [-0.2, -0.15) is 5.10 Å². The molecular weight excluding hydrogens is 366 g/mol. The lowest BCUT2D eigenvalue weighted by molar-refractivity contribution is 0.102. The van der Waals surface area contributed by atoms with Gasteiger partial charge in [0.25, 0.3) is 5.91 Å². The van der Waals surface area contributed by atoms with E-state index < -0.39 is 0 Å². The average Bonchev–Trinajstić information content (AvgIpc) is 3.39. The van der Waals surface area contributed by atoms with E-state index in [1.165, 1.54) is 0 Å². The minimum absolute atomic E-state index is 0.136. The molecule has 0 saturated heterocycles. The van der Waals surface area contributed by atoms with Gasteiger partial charge in [-0.05, 0) is 35.1 Å². The van der Waals surface area contributed by atoms with Crippen molar-refractivity contribution in [2.45, 2.75) is 19.9 Å².